The van der Waals surface area contributed by atoms with Gasteiger partial charge in [0.25, 0.3) is 5.91 Å². The Bertz CT molecular complexity index is 250. The number of rotatable bonds is 5. The van der Waals surface area contributed by atoms with Crippen LogP contribution in [0.25, 0.3) is 0 Å². The van der Waals surface area contributed by atoms with E-state index in [2.05, 4.69) is 19.2 Å². The molecule has 0 bridgehead atoms. The molecule has 4 heteroatoms. The second kappa shape index (κ2) is 6.36. The average Bonchev–Trinajstić information content (AvgIpc) is 2.38. The number of piperidine rings is 1. The van der Waals surface area contributed by atoms with Crippen molar-refractivity contribution in [2.24, 2.45) is 5.92 Å². The largest absolute Gasteiger partial charge is 0.368 e. The van der Waals surface area contributed by atoms with Gasteiger partial charge >= 0.3 is 0 Å². The highest BCUT2D eigenvalue weighted by atomic mass is 16.5. The van der Waals surface area contributed by atoms with Crippen LogP contribution in [-0.4, -0.2) is 50.2 Å². The van der Waals surface area contributed by atoms with Gasteiger partial charge in [-0.15, -0.1) is 0 Å². The third kappa shape index (κ3) is 3.42. The first-order valence-corrected chi connectivity index (χ1v) is 6.57. The van der Waals surface area contributed by atoms with E-state index in [1.807, 2.05) is 11.9 Å². The van der Waals surface area contributed by atoms with E-state index in [0.717, 1.165) is 38.9 Å². The van der Waals surface area contributed by atoms with E-state index in [1.165, 1.54) is 0 Å². The predicted molar refractivity (Wildman–Crippen MR) is 68.9 cm³/mol. The highest BCUT2D eigenvalue weighted by molar-refractivity contribution is 5.85. The number of carbonyl (C=O) groups is 1. The Kier molecular flexibility index (Phi) is 5.40. The molecule has 1 unspecified atom stereocenters. The Morgan fingerprint density at radius 3 is 2.53 bits per heavy atom. The smallest absolute Gasteiger partial charge is 0.254 e. The maximum absolute atomic E-state index is 12.5. The molecule has 1 fully saturated rings. The van der Waals surface area contributed by atoms with Gasteiger partial charge in [-0.1, -0.05) is 20.3 Å². The summed E-state index contributed by atoms with van der Waals surface area (Å²) in [5, 5.41) is 3.27. The SMILES string of the molecule is CCC(C)CN(C)C(=O)C1(OC)CCNCC1. The normalized spacial score (nSPS) is 20.9. The summed E-state index contributed by atoms with van der Waals surface area (Å²) < 4.78 is 5.55. The molecule has 1 N–H and O–H groups in total. The van der Waals surface area contributed by atoms with Crippen molar-refractivity contribution >= 4 is 5.91 Å². The van der Waals surface area contributed by atoms with Crippen LogP contribution in [0.4, 0.5) is 0 Å². The Morgan fingerprint density at radius 1 is 1.47 bits per heavy atom. The number of amides is 1. The molecule has 1 aliphatic rings. The minimum Gasteiger partial charge on any atom is -0.368 e. The summed E-state index contributed by atoms with van der Waals surface area (Å²) in [4.78, 5) is 14.3. The zero-order chi connectivity index (χ0) is 12.9. The van der Waals surface area contributed by atoms with E-state index in [1.54, 1.807) is 7.11 Å². The molecule has 0 aliphatic carbocycles. The molecule has 1 saturated heterocycles. The fourth-order valence-electron chi connectivity index (χ4n) is 2.36. The van der Waals surface area contributed by atoms with Crippen molar-refractivity contribution in [3.05, 3.63) is 0 Å². The van der Waals surface area contributed by atoms with Crippen molar-refractivity contribution < 1.29 is 9.53 Å². The molecule has 4 nitrogen and oxygen atoms in total. The molecule has 1 heterocycles. The monoisotopic (exact) mass is 242 g/mol. The molecule has 0 aromatic rings. The molecule has 100 valence electrons. The van der Waals surface area contributed by atoms with Gasteiger partial charge in [0.05, 0.1) is 0 Å². The summed E-state index contributed by atoms with van der Waals surface area (Å²) in [6, 6.07) is 0. The summed E-state index contributed by atoms with van der Waals surface area (Å²) in [5.41, 5.74) is -0.590. The van der Waals surface area contributed by atoms with E-state index in [9.17, 15) is 4.79 Å². The lowest BCUT2D eigenvalue weighted by Gasteiger charge is -2.38. The van der Waals surface area contributed by atoms with Gasteiger partial charge in [0.15, 0.2) is 0 Å². The lowest BCUT2D eigenvalue weighted by atomic mass is 9.90. The molecule has 0 radical (unpaired) electrons. The second-order valence-electron chi connectivity index (χ2n) is 5.15. The summed E-state index contributed by atoms with van der Waals surface area (Å²) in [6.07, 6.45) is 2.64. The van der Waals surface area contributed by atoms with Gasteiger partial charge in [0.1, 0.15) is 5.60 Å². The summed E-state index contributed by atoms with van der Waals surface area (Å²) in [7, 11) is 3.54. The van der Waals surface area contributed by atoms with Crippen LogP contribution in [0.3, 0.4) is 0 Å². The lowest BCUT2D eigenvalue weighted by molar-refractivity contribution is -0.157. The first kappa shape index (κ1) is 14.5. The molecule has 17 heavy (non-hydrogen) atoms. The van der Waals surface area contributed by atoms with Gasteiger partial charge in [-0.25, -0.2) is 0 Å². The second-order valence-corrected chi connectivity index (χ2v) is 5.15. The minimum absolute atomic E-state index is 0.141. The highest BCUT2D eigenvalue weighted by Gasteiger charge is 2.41. The maximum Gasteiger partial charge on any atom is 0.254 e. The molecule has 1 amide bonds. The van der Waals surface area contributed by atoms with Crippen LogP contribution in [0.1, 0.15) is 33.1 Å². The van der Waals surface area contributed by atoms with Crippen molar-refractivity contribution in [1.29, 1.82) is 0 Å². The highest BCUT2D eigenvalue weighted by Crippen LogP contribution is 2.25. The number of nitrogens with one attached hydrogen (secondary N) is 1. The Morgan fingerprint density at radius 2 is 2.06 bits per heavy atom. The van der Waals surface area contributed by atoms with Gasteiger partial charge in [-0.05, 0) is 31.8 Å². The molecule has 1 rings (SSSR count). The van der Waals surface area contributed by atoms with Crippen molar-refractivity contribution in [2.45, 2.75) is 38.7 Å². The quantitative estimate of drug-likeness (QED) is 0.789. The molecule has 0 aromatic heterocycles. The maximum atomic E-state index is 12.5. The fraction of sp³-hybridized carbons (Fsp3) is 0.923. The summed E-state index contributed by atoms with van der Waals surface area (Å²) in [6.45, 7) is 6.85. The van der Waals surface area contributed by atoms with Crippen LogP contribution >= 0.6 is 0 Å². The standard InChI is InChI=1S/C13H26N2O2/c1-5-11(2)10-15(3)12(16)13(17-4)6-8-14-9-7-13/h11,14H,5-10H2,1-4H3. The van der Waals surface area contributed by atoms with Crippen LogP contribution in [0, 0.1) is 5.92 Å². The number of methoxy groups -OCH3 is 1. The van der Waals surface area contributed by atoms with E-state index in [0.29, 0.717) is 5.92 Å². The van der Waals surface area contributed by atoms with Gasteiger partial charge in [0.2, 0.25) is 0 Å². The van der Waals surface area contributed by atoms with Crippen LogP contribution in [0.5, 0.6) is 0 Å². The number of hydrogen-bond donors (Lipinski definition) is 1. The third-order valence-corrected chi connectivity index (χ3v) is 3.82. The first-order chi connectivity index (χ1) is 8.05. The molecule has 1 aliphatic heterocycles. The van der Waals surface area contributed by atoms with Crippen molar-refractivity contribution in [1.82, 2.24) is 10.2 Å². The Balaban J connectivity index is 2.64. The Hall–Kier alpha value is -0.610. The zero-order valence-corrected chi connectivity index (χ0v) is 11.6. The van der Waals surface area contributed by atoms with Crippen molar-refractivity contribution in [2.75, 3.05) is 33.8 Å². The number of ether oxygens (including phenoxy) is 1. The lowest BCUT2D eigenvalue weighted by Crippen LogP contribution is -2.55. The molecular formula is C13H26N2O2. The van der Waals surface area contributed by atoms with E-state index < -0.39 is 5.60 Å². The fourth-order valence-corrected chi connectivity index (χ4v) is 2.36. The van der Waals surface area contributed by atoms with Gasteiger partial charge in [-0.2, -0.15) is 0 Å². The van der Waals surface area contributed by atoms with Crippen LogP contribution in [0.15, 0.2) is 0 Å². The molecular weight excluding hydrogens is 216 g/mol. The number of carbonyl (C=O) groups excluding carboxylic acids is 1. The van der Waals surface area contributed by atoms with E-state index >= 15 is 0 Å². The first-order valence-electron chi connectivity index (χ1n) is 6.57. The average molecular weight is 242 g/mol. The van der Waals surface area contributed by atoms with Crippen molar-refractivity contribution in [3.8, 4) is 0 Å². The minimum atomic E-state index is -0.590. The number of likely N-dealkylation sites (N-methyl/N-ethyl adjacent to an activating group) is 1. The summed E-state index contributed by atoms with van der Waals surface area (Å²) in [5.74, 6) is 0.682. The predicted octanol–water partition coefficient (Wildman–Crippen LogP) is 1.26. The van der Waals surface area contributed by atoms with Gasteiger partial charge in [0, 0.05) is 20.7 Å². The van der Waals surface area contributed by atoms with Crippen LogP contribution < -0.4 is 5.32 Å². The van der Waals surface area contributed by atoms with Crippen molar-refractivity contribution in [3.63, 3.8) is 0 Å². The molecule has 0 aromatic carbocycles. The number of nitrogens with zero attached hydrogens (tertiary/aromatic N) is 1. The summed E-state index contributed by atoms with van der Waals surface area (Å²) >= 11 is 0. The van der Waals surface area contributed by atoms with Crippen LogP contribution in [-0.2, 0) is 9.53 Å². The zero-order valence-electron chi connectivity index (χ0n) is 11.6. The topological polar surface area (TPSA) is 41.6 Å². The number of hydrogen-bond acceptors (Lipinski definition) is 3. The van der Waals surface area contributed by atoms with Gasteiger partial charge in [-0.3, -0.25) is 4.79 Å². The van der Waals surface area contributed by atoms with E-state index in [4.69, 9.17) is 4.74 Å². The van der Waals surface area contributed by atoms with Crippen LogP contribution in [0.2, 0.25) is 0 Å². The van der Waals surface area contributed by atoms with Gasteiger partial charge < -0.3 is 15.0 Å². The molecule has 0 spiro atoms. The van der Waals surface area contributed by atoms with E-state index in [-0.39, 0.29) is 5.91 Å². The molecule has 1 atom stereocenters. The molecule has 0 saturated carbocycles. The Labute approximate surface area is 105 Å². The third-order valence-electron chi connectivity index (χ3n) is 3.82.